The molecule has 53 heavy (non-hydrogen) atoms. The fourth-order valence-corrected chi connectivity index (χ4v) is 6.77. The number of aryl methyl sites for hydroxylation is 2. The molecular weight excluding hydrogens is 835 g/mol. The van der Waals surface area contributed by atoms with E-state index in [0.717, 1.165) is 75.7 Å². The molecule has 0 spiro atoms. The smallest absolute Gasteiger partial charge is 0.216 e. The van der Waals surface area contributed by atoms with Crippen LogP contribution in [0.2, 0.25) is 0 Å². The maximum Gasteiger partial charge on any atom is 0.216 e. The predicted molar refractivity (Wildman–Crippen MR) is 217 cm³/mol. The molecule has 0 aliphatic carbocycles. The molecular formula is C46H56IrN3O3-. The van der Waals surface area contributed by atoms with Crippen LogP contribution in [0.1, 0.15) is 129 Å². The van der Waals surface area contributed by atoms with Gasteiger partial charge in [0.05, 0.1) is 11.1 Å². The van der Waals surface area contributed by atoms with Crippen LogP contribution in [0.4, 0.5) is 0 Å². The van der Waals surface area contributed by atoms with E-state index in [1.165, 1.54) is 28.0 Å². The van der Waals surface area contributed by atoms with Gasteiger partial charge in [0.2, 0.25) is 5.71 Å². The molecule has 0 amide bonds. The number of fused-ring (bicyclic) bond motifs is 6. The van der Waals surface area contributed by atoms with Crippen LogP contribution in [-0.4, -0.2) is 25.8 Å². The summed E-state index contributed by atoms with van der Waals surface area (Å²) in [5.41, 5.74) is 7.09. The zero-order valence-electron chi connectivity index (χ0n) is 33.6. The summed E-state index contributed by atoms with van der Waals surface area (Å²) in [5, 5.41) is 15.6. The first-order chi connectivity index (χ1) is 24.6. The van der Waals surface area contributed by atoms with Crippen LogP contribution in [0, 0.1) is 30.7 Å². The Hall–Kier alpha value is -3.93. The molecule has 6 nitrogen and oxygen atoms in total. The largest absolute Gasteiger partial charge is 0.512 e. The SMILES string of the molecule is CCC(C)(CC)C(=O)/C=C(\O)C(C)(CC)CC.Cc1ccc2c(n1)oc1c(-c3nc(C)nc4c3ccc3cc(C(C)C)cc(C(C)C)c34)[c-]ccc12.[Ir]. The Kier molecular flexibility index (Phi) is 13.1. The summed E-state index contributed by atoms with van der Waals surface area (Å²) in [5.74, 6) is 1.86. The van der Waals surface area contributed by atoms with Crippen LogP contribution in [0.5, 0.6) is 0 Å². The average molecular weight is 891 g/mol. The Morgan fingerprint density at radius 3 is 2.08 bits per heavy atom. The van der Waals surface area contributed by atoms with Crippen molar-refractivity contribution in [1.82, 2.24) is 15.0 Å². The summed E-state index contributed by atoms with van der Waals surface area (Å²) in [6.45, 7) is 25.0. The molecule has 0 saturated heterocycles. The number of ketones is 1. The molecule has 0 aliphatic heterocycles. The van der Waals surface area contributed by atoms with Crippen LogP contribution in [0.25, 0.3) is 55.0 Å². The molecule has 0 unspecified atom stereocenters. The van der Waals surface area contributed by atoms with Crippen LogP contribution < -0.4 is 0 Å². The molecule has 283 valence electrons. The molecule has 7 heteroatoms. The first-order valence-electron chi connectivity index (χ1n) is 19.0. The molecule has 1 N–H and O–H groups in total. The van der Waals surface area contributed by atoms with Gasteiger partial charge in [0, 0.05) is 59.2 Å². The summed E-state index contributed by atoms with van der Waals surface area (Å²) in [6, 6.07) is 20.5. The number of rotatable bonds is 10. The van der Waals surface area contributed by atoms with Gasteiger partial charge in [0.1, 0.15) is 11.6 Å². The molecule has 0 atom stereocenters. The number of carbonyl (C=O) groups excluding carboxylic acids is 1. The fraction of sp³-hybridized carbons (Fsp3) is 0.435. The number of aliphatic hydroxyl groups excluding tert-OH is 1. The van der Waals surface area contributed by atoms with E-state index >= 15 is 0 Å². The third-order valence-corrected chi connectivity index (χ3v) is 11.5. The van der Waals surface area contributed by atoms with E-state index in [4.69, 9.17) is 14.4 Å². The summed E-state index contributed by atoms with van der Waals surface area (Å²) in [6.07, 6.45) is 4.75. The van der Waals surface area contributed by atoms with Crippen molar-refractivity contribution >= 4 is 49.5 Å². The second-order valence-electron chi connectivity index (χ2n) is 15.5. The molecule has 0 fully saturated rings. The Morgan fingerprint density at radius 1 is 0.830 bits per heavy atom. The van der Waals surface area contributed by atoms with Gasteiger partial charge in [-0.15, -0.1) is 18.2 Å². The van der Waals surface area contributed by atoms with Crippen LogP contribution in [0.15, 0.2) is 64.8 Å². The van der Waals surface area contributed by atoms with Gasteiger partial charge in [-0.25, -0.2) is 9.97 Å². The number of benzene rings is 3. The average Bonchev–Trinajstić information content (AvgIpc) is 3.50. The number of pyridine rings is 1. The summed E-state index contributed by atoms with van der Waals surface area (Å²) >= 11 is 0. The Morgan fingerprint density at radius 2 is 1.47 bits per heavy atom. The van der Waals surface area contributed by atoms with Gasteiger partial charge in [-0.1, -0.05) is 104 Å². The standard InChI is InChI=1S/C31H28N3O.C15H28O2.Ir/c1-16(2)21-14-20-11-13-24-28(33-19(6)34-29(24)27(20)26(15-21)17(3)4)25-9-7-8-22-23-12-10-18(5)32-31(23)35-30(22)25;1-7-14(5,8-2)12(16)11-13(17)15(6,9-3)10-4;/h7-8,10-17H,1-6H3;11,16H,7-10H2,1-6H3;/q-1;;/b;12-11-;. The van der Waals surface area contributed by atoms with Gasteiger partial charge in [-0.05, 0) is 85.4 Å². The number of carbonyl (C=O) groups is 1. The predicted octanol–water partition coefficient (Wildman–Crippen LogP) is 13.1. The topological polar surface area (TPSA) is 89.1 Å². The Labute approximate surface area is 329 Å². The van der Waals surface area contributed by atoms with Crippen molar-refractivity contribution in [2.75, 3.05) is 0 Å². The van der Waals surface area contributed by atoms with Crippen LogP contribution >= 0.6 is 0 Å². The second kappa shape index (κ2) is 16.6. The van der Waals surface area contributed by atoms with E-state index in [1.807, 2.05) is 73.6 Å². The van der Waals surface area contributed by atoms with Crippen molar-refractivity contribution < 1.29 is 34.4 Å². The minimum absolute atomic E-state index is 0. The summed E-state index contributed by atoms with van der Waals surface area (Å²) < 4.78 is 6.30. The van der Waals surface area contributed by atoms with Gasteiger partial charge in [-0.2, -0.15) is 0 Å². The van der Waals surface area contributed by atoms with E-state index in [9.17, 15) is 9.90 Å². The second-order valence-corrected chi connectivity index (χ2v) is 15.5. The number of allylic oxidation sites excluding steroid dienone is 2. The molecule has 0 saturated carbocycles. The van der Waals surface area contributed by atoms with E-state index in [2.05, 4.69) is 69.1 Å². The van der Waals surface area contributed by atoms with Crippen molar-refractivity contribution in [3.63, 3.8) is 0 Å². The number of aromatic nitrogens is 3. The molecule has 6 rings (SSSR count). The minimum Gasteiger partial charge on any atom is -0.512 e. The molecule has 3 aromatic carbocycles. The minimum atomic E-state index is -0.337. The molecule has 0 aliphatic rings. The first-order valence-corrected chi connectivity index (χ1v) is 19.0. The number of hydrogen-bond donors (Lipinski definition) is 1. The molecule has 0 bridgehead atoms. The van der Waals surface area contributed by atoms with Crippen LogP contribution in [-0.2, 0) is 24.9 Å². The zero-order valence-corrected chi connectivity index (χ0v) is 36.0. The van der Waals surface area contributed by atoms with E-state index in [1.54, 1.807) is 0 Å². The molecule has 6 aromatic rings. The maximum atomic E-state index is 12.2. The van der Waals surface area contributed by atoms with Gasteiger partial charge >= 0.3 is 0 Å². The van der Waals surface area contributed by atoms with Gasteiger partial charge in [0.25, 0.3) is 0 Å². The third kappa shape index (κ3) is 8.12. The third-order valence-electron chi connectivity index (χ3n) is 11.5. The Bertz CT molecular complexity index is 2290. The zero-order chi connectivity index (χ0) is 38.1. The molecule has 1 radical (unpaired) electrons. The van der Waals surface area contributed by atoms with Crippen LogP contribution in [0.3, 0.4) is 0 Å². The quantitative estimate of drug-likeness (QED) is 0.0638. The van der Waals surface area contributed by atoms with Gasteiger partial charge in [-0.3, -0.25) is 9.78 Å². The number of hydrogen-bond acceptors (Lipinski definition) is 6. The maximum absolute atomic E-state index is 12.2. The fourth-order valence-electron chi connectivity index (χ4n) is 6.77. The van der Waals surface area contributed by atoms with Gasteiger partial charge in [0.15, 0.2) is 5.78 Å². The normalized spacial score (nSPS) is 12.5. The number of furan rings is 1. The monoisotopic (exact) mass is 891 g/mol. The van der Waals surface area contributed by atoms with E-state index < -0.39 is 0 Å². The van der Waals surface area contributed by atoms with Crippen molar-refractivity contribution in [3.05, 3.63) is 89.1 Å². The molecule has 3 aromatic heterocycles. The van der Waals surface area contributed by atoms with E-state index in [0.29, 0.717) is 17.5 Å². The van der Waals surface area contributed by atoms with E-state index in [-0.39, 0.29) is 42.5 Å². The number of nitrogens with zero attached hydrogens (tertiary/aromatic N) is 3. The van der Waals surface area contributed by atoms with Crippen molar-refractivity contribution in [3.8, 4) is 11.3 Å². The summed E-state index contributed by atoms with van der Waals surface area (Å²) in [7, 11) is 0. The Balaban J connectivity index is 0.000000299. The van der Waals surface area contributed by atoms with Crippen molar-refractivity contribution in [1.29, 1.82) is 0 Å². The van der Waals surface area contributed by atoms with Crippen molar-refractivity contribution in [2.24, 2.45) is 10.8 Å². The number of aliphatic hydroxyl groups is 1. The van der Waals surface area contributed by atoms with Crippen molar-refractivity contribution in [2.45, 2.75) is 121 Å². The summed E-state index contributed by atoms with van der Waals surface area (Å²) in [4.78, 5) is 26.7. The van der Waals surface area contributed by atoms with Gasteiger partial charge < -0.3 is 9.52 Å². The molecule has 3 heterocycles. The first kappa shape index (κ1) is 41.8.